The lowest BCUT2D eigenvalue weighted by molar-refractivity contribution is 0.0697. The zero-order valence-electron chi connectivity index (χ0n) is 9.46. The Morgan fingerprint density at radius 1 is 1.42 bits per heavy atom. The summed E-state index contributed by atoms with van der Waals surface area (Å²) in [7, 11) is 0. The largest absolute Gasteiger partial charge is 0.478 e. The van der Waals surface area contributed by atoms with E-state index in [-0.39, 0.29) is 22.2 Å². The summed E-state index contributed by atoms with van der Waals surface area (Å²) in [5, 5.41) is 20.5. The minimum atomic E-state index is -1.10. The molecule has 94 valence electrons. The monoisotopic (exact) mass is 274 g/mol. The molecule has 0 amide bonds. The third kappa shape index (κ3) is 2.97. The molecule has 6 nitrogen and oxygen atoms in total. The van der Waals surface area contributed by atoms with Gasteiger partial charge in [0.2, 0.25) is 5.95 Å². The molecule has 1 heterocycles. The highest BCUT2D eigenvalue weighted by molar-refractivity contribution is 6.33. The summed E-state index contributed by atoms with van der Waals surface area (Å²) >= 11 is 5.84. The number of hydrogen-bond acceptors (Lipinski definition) is 5. The highest BCUT2D eigenvalue weighted by Gasteiger charge is 2.09. The fourth-order valence-corrected chi connectivity index (χ4v) is 1.64. The van der Waals surface area contributed by atoms with Gasteiger partial charge < -0.3 is 10.4 Å². The molecule has 0 saturated carbocycles. The molecule has 0 aliphatic rings. The predicted octanol–water partition coefficient (Wildman–Crippen LogP) is 2.44. The van der Waals surface area contributed by atoms with Gasteiger partial charge in [0.15, 0.2) is 0 Å². The van der Waals surface area contributed by atoms with E-state index in [0.29, 0.717) is 5.69 Å². The zero-order chi connectivity index (χ0) is 13.8. The molecule has 0 saturated heterocycles. The van der Waals surface area contributed by atoms with Crippen LogP contribution in [0.3, 0.4) is 0 Å². The molecule has 0 radical (unpaired) electrons. The number of carbonyl (C=O) groups is 1. The molecule has 0 unspecified atom stereocenters. The average Bonchev–Trinajstić information content (AvgIpc) is 2.38. The van der Waals surface area contributed by atoms with E-state index in [1.165, 1.54) is 30.5 Å². The number of nitriles is 1. The number of nitrogens with zero attached hydrogens (tertiary/aromatic N) is 3. The van der Waals surface area contributed by atoms with Crippen LogP contribution in [-0.2, 0) is 0 Å². The molecule has 19 heavy (non-hydrogen) atoms. The molecule has 1 aromatic carbocycles. The number of rotatable bonds is 3. The number of halogens is 1. The van der Waals surface area contributed by atoms with Crippen molar-refractivity contribution in [2.24, 2.45) is 0 Å². The van der Waals surface area contributed by atoms with Crippen LogP contribution in [0.2, 0.25) is 5.02 Å². The second-order valence-electron chi connectivity index (χ2n) is 3.50. The van der Waals surface area contributed by atoms with E-state index < -0.39 is 5.97 Å². The van der Waals surface area contributed by atoms with E-state index in [0.717, 1.165) is 0 Å². The molecule has 0 atom stereocenters. The Labute approximate surface area is 113 Å². The quantitative estimate of drug-likeness (QED) is 0.892. The number of hydrogen-bond donors (Lipinski definition) is 2. The van der Waals surface area contributed by atoms with Crippen molar-refractivity contribution in [2.75, 3.05) is 5.32 Å². The topological polar surface area (TPSA) is 98.9 Å². The average molecular weight is 275 g/mol. The van der Waals surface area contributed by atoms with E-state index in [2.05, 4.69) is 15.3 Å². The summed E-state index contributed by atoms with van der Waals surface area (Å²) in [4.78, 5) is 18.7. The van der Waals surface area contributed by atoms with Gasteiger partial charge in [0.1, 0.15) is 11.8 Å². The number of anilines is 2. The van der Waals surface area contributed by atoms with Crippen molar-refractivity contribution < 1.29 is 9.90 Å². The first kappa shape index (κ1) is 12.8. The lowest BCUT2D eigenvalue weighted by Crippen LogP contribution is -2.00. The van der Waals surface area contributed by atoms with Crippen LogP contribution in [0.15, 0.2) is 30.5 Å². The Kier molecular flexibility index (Phi) is 3.59. The van der Waals surface area contributed by atoms with Crippen molar-refractivity contribution in [3.05, 3.63) is 46.7 Å². The van der Waals surface area contributed by atoms with E-state index >= 15 is 0 Å². The summed E-state index contributed by atoms with van der Waals surface area (Å²) in [6, 6.07) is 7.74. The Bertz CT molecular complexity index is 682. The summed E-state index contributed by atoms with van der Waals surface area (Å²) in [5.74, 6) is -0.863. The van der Waals surface area contributed by atoms with Gasteiger partial charge >= 0.3 is 5.97 Å². The number of nitrogens with one attached hydrogen (secondary N) is 1. The van der Waals surface area contributed by atoms with Crippen LogP contribution in [0, 0.1) is 11.3 Å². The molecule has 0 aliphatic heterocycles. The molecule has 0 fully saturated rings. The van der Waals surface area contributed by atoms with Gasteiger partial charge in [-0.15, -0.1) is 0 Å². The van der Waals surface area contributed by atoms with Crippen LogP contribution in [0.5, 0.6) is 0 Å². The molecule has 0 bridgehead atoms. The Morgan fingerprint density at radius 2 is 2.21 bits per heavy atom. The first-order valence-electron chi connectivity index (χ1n) is 5.13. The number of aromatic carboxylic acids is 1. The van der Waals surface area contributed by atoms with Gasteiger partial charge in [-0.05, 0) is 24.3 Å². The Balaban J connectivity index is 2.26. The summed E-state index contributed by atoms with van der Waals surface area (Å²) < 4.78 is 0. The number of benzene rings is 1. The summed E-state index contributed by atoms with van der Waals surface area (Å²) in [6.45, 7) is 0. The van der Waals surface area contributed by atoms with Gasteiger partial charge in [0.25, 0.3) is 0 Å². The van der Waals surface area contributed by atoms with Gasteiger partial charge in [-0.3, -0.25) is 0 Å². The van der Waals surface area contributed by atoms with Gasteiger partial charge in [-0.25, -0.2) is 14.8 Å². The zero-order valence-corrected chi connectivity index (χ0v) is 10.2. The summed E-state index contributed by atoms with van der Waals surface area (Å²) in [5.41, 5.74) is 0.773. The maximum absolute atomic E-state index is 10.8. The minimum absolute atomic E-state index is 0.0129. The van der Waals surface area contributed by atoms with E-state index in [1.54, 1.807) is 0 Å². The SMILES string of the molecule is N#Cc1ccnc(Nc2ccc(C(=O)O)c(Cl)c2)n1. The molecule has 1 aromatic heterocycles. The number of carboxylic acids is 1. The molecule has 2 aromatic rings. The lowest BCUT2D eigenvalue weighted by atomic mass is 10.2. The van der Waals surface area contributed by atoms with E-state index in [9.17, 15) is 4.79 Å². The van der Waals surface area contributed by atoms with Crippen molar-refractivity contribution in [2.45, 2.75) is 0 Å². The maximum Gasteiger partial charge on any atom is 0.337 e. The number of carboxylic acid groups (broad SMARTS) is 1. The fraction of sp³-hybridized carbons (Fsp3) is 0. The fourth-order valence-electron chi connectivity index (χ4n) is 1.38. The van der Waals surface area contributed by atoms with Crippen LogP contribution in [-0.4, -0.2) is 21.0 Å². The van der Waals surface area contributed by atoms with Gasteiger partial charge in [-0.2, -0.15) is 5.26 Å². The first-order chi connectivity index (χ1) is 9.10. The molecule has 2 N–H and O–H groups in total. The highest BCUT2D eigenvalue weighted by Crippen LogP contribution is 2.22. The lowest BCUT2D eigenvalue weighted by Gasteiger charge is -2.06. The van der Waals surface area contributed by atoms with Gasteiger partial charge in [-0.1, -0.05) is 11.6 Å². The maximum atomic E-state index is 10.8. The summed E-state index contributed by atoms with van der Waals surface area (Å²) in [6.07, 6.45) is 1.45. The van der Waals surface area contributed by atoms with E-state index in [1.807, 2.05) is 6.07 Å². The van der Waals surface area contributed by atoms with Crippen molar-refractivity contribution >= 4 is 29.2 Å². The minimum Gasteiger partial charge on any atom is -0.478 e. The molecule has 2 rings (SSSR count). The van der Waals surface area contributed by atoms with Crippen LogP contribution in [0.25, 0.3) is 0 Å². The van der Waals surface area contributed by atoms with E-state index in [4.69, 9.17) is 22.0 Å². The molecular weight excluding hydrogens is 268 g/mol. The van der Waals surface area contributed by atoms with Gasteiger partial charge in [0.05, 0.1) is 10.6 Å². The third-order valence-corrected chi connectivity index (χ3v) is 2.54. The molecule has 7 heteroatoms. The standard InChI is InChI=1S/C12H7ClN4O2/c13-10-5-7(1-2-9(10)11(18)19)16-12-15-4-3-8(6-14)17-12/h1-5H,(H,18,19)(H,15,16,17). The second kappa shape index (κ2) is 5.33. The van der Waals surface area contributed by atoms with Crippen molar-refractivity contribution in [1.29, 1.82) is 5.26 Å². The molecular formula is C12H7ClN4O2. The molecule has 0 spiro atoms. The van der Waals surface area contributed by atoms with Crippen LogP contribution < -0.4 is 5.32 Å². The highest BCUT2D eigenvalue weighted by atomic mass is 35.5. The first-order valence-corrected chi connectivity index (χ1v) is 5.51. The van der Waals surface area contributed by atoms with Crippen molar-refractivity contribution in [3.63, 3.8) is 0 Å². The Hall–Kier alpha value is -2.65. The van der Waals surface area contributed by atoms with Crippen molar-refractivity contribution in [1.82, 2.24) is 9.97 Å². The normalized spacial score (nSPS) is 9.68. The van der Waals surface area contributed by atoms with Crippen LogP contribution in [0.1, 0.15) is 16.1 Å². The Morgan fingerprint density at radius 3 is 2.84 bits per heavy atom. The smallest absolute Gasteiger partial charge is 0.337 e. The van der Waals surface area contributed by atoms with Gasteiger partial charge in [0, 0.05) is 11.9 Å². The van der Waals surface area contributed by atoms with Crippen LogP contribution in [0.4, 0.5) is 11.6 Å². The third-order valence-electron chi connectivity index (χ3n) is 2.23. The van der Waals surface area contributed by atoms with Crippen molar-refractivity contribution in [3.8, 4) is 6.07 Å². The predicted molar refractivity (Wildman–Crippen MR) is 68.4 cm³/mol. The number of aromatic nitrogens is 2. The van der Waals surface area contributed by atoms with Crippen LogP contribution >= 0.6 is 11.6 Å². The molecule has 0 aliphatic carbocycles. The second-order valence-corrected chi connectivity index (χ2v) is 3.91.